The number of carbonyl (C=O) groups excluding carboxylic acids is 1. The second-order valence-corrected chi connectivity index (χ2v) is 6.84. The lowest BCUT2D eigenvalue weighted by atomic mass is 9.83. The summed E-state index contributed by atoms with van der Waals surface area (Å²) in [6.07, 6.45) is 6.34. The molecule has 0 saturated heterocycles. The molecule has 0 bridgehead atoms. The summed E-state index contributed by atoms with van der Waals surface area (Å²) in [6.45, 7) is 6.24. The van der Waals surface area contributed by atoms with Gasteiger partial charge in [0, 0.05) is 6.42 Å². The Kier molecular flexibility index (Phi) is 5.83. The van der Waals surface area contributed by atoms with E-state index in [1.54, 1.807) is 0 Å². The van der Waals surface area contributed by atoms with Crippen molar-refractivity contribution >= 4 is 11.9 Å². The first-order valence-electron chi connectivity index (χ1n) is 7.32. The quantitative estimate of drug-likeness (QED) is 0.806. The number of rotatable bonds is 5. The highest BCUT2D eigenvalue weighted by molar-refractivity contribution is 5.83. The van der Waals surface area contributed by atoms with E-state index in [4.69, 9.17) is 0 Å². The summed E-state index contributed by atoms with van der Waals surface area (Å²) in [5.74, 6) is -0.922. The van der Waals surface area contributed by atoms with Crippen LogP contribution in [0.15, 0.2) is 0 Å². The number of hydrogen-bond acceptors (Lipinski definition) is 2. The SMILES string of the molecule is CC(C)(C)CCC(=O)NC(C(=O)O)C1CCCCC1. The monoisotopic (exact) mass is 269 g/mol. The van der Waals surface area contributed by atoms with Crippen molar-refractivity contribution in [3.8, 4) is 0 Å². The third-order valence-electron chi connectivity index (χ3n) is 3.81. The van der Waals surface area contributed by atoms with Crippen LogP contribution < -0.4 is 5.32 Å². The zero-order valence-electron chi connectivity index (χ0n) is 12.4. The van der Waals surface area contributed by atoms with Crippen LogP contribution in [-0.4, -0.2) is 23.0 Å². The topological polar surface area (TPSA) is 66.4 Å². The molecule has 0 radical (unpaired) electrons. The first kappa shape index (κ1) is 16.0. The summed E-state index contributed by atoms with van der Waals surface area (Å²) < 4.78 is 0. The van der Waals surface area contributed by atoms with Crippen LogP contribution in [0.25, 0.3) is 0 Å². The zero-order valence-corrected chi connectivity index (χ0v) is 12.4. The van der Waals surface area contributed by atoms with Gasteiger partial charge in [-0.15, -0.1) is 0 Å². The Hall–Kier alpha value is -1.06. The maximum atomic E-state index is 11.9. The van der Waals surface area contributed by atoms with Crippen molar-refractivity contribution in [3.05, 3.63) is 0 Å². The average Bonchev–Trinajstić information content (AvgIpc) is 2.33. The van der Waals surface area contributed by atoms with E-state index in [1.807, 2.05) is 0 Å². The Labute approximate surface area is 116 Å². The van der Waals surface area contributed by atoms with Crippen molar-refractivity contribution in [2.24, 2.45) is 11.3 Å². The summed E-state index contributed by atoms with van der Waals surface area (Å²) in [4.78, 5) is 23.2. The van der Waals surface area contributed by atoms with Gasteiger partial charge in [0.1, 0.15) is 6.04 Å². The standard InChI is InChI=1S/C15H27NO3/c1-15(2,3)10-9-12(17)16-13(14(18)19)11-7-5-4-6-8-11/h11,13H,4-10H2,1-3H3,(H,16,17)(H,18,19). The van der Waals surface area contributed by atoms with Gasteiger partial charge < -0.3 is 10.4 Å². The summed E-state index contributed by atoms with van der Waals surface area (Å²) in [5.41, 5.74) is 0.0981. The predicted molar refractivity (Wildman–Crippen MR) is 74.8 cm³/mol. The first-order valence-corrected chi connectivity index (χ1v) is 7.32. The summed E-state index contributed by atoms with van der Waals surface area (Å²) in [7, 11) is 0. The Balaban J connectivity index is 2.48. The molecule has 1 saturated carbocycles. The number of hydrogen-bond donors (Lipinski definition) is 2. The van der Waals surface area contributed by atoms with Gasteiger partial charge in [-0.1, -0.05) is 40.0 Å². The summed E-state index contributed by atoms with van der Waals surface area (Å²) in [6, 6.07) is -0.701. The molecule has 0 spiro atoms. The number of amides is 1. The molecule has 4 nitrogen and oxygen atoms in total. The van der Waals surface area contributed by atoms with Gasteiger partial charge in [0.2, 0.25) is 5.91 Å². The van der Waals surface area contributed by atoms with Crippen LogP contribution in [-0.2, 0) is 9.59 Å². The van der Waals surface area contributed by atoms with Gasteiger partial charge in [0.15, 0.2) is 0 Å². The minimum absolute atomic E-state index is 0.0981. The van der Waals surface area contributed by atoms with E-state index >= 15 is 0 Å². The van der Waals surface area contributed by atoms with Gasteiger partial charge >= 0.3 is 5.97 Å². The van der Waals surface area contributed by atoms with Gasteiger partial charge in [-0.2, -0.15) is 0 Å². The largest absolute Gasteiger partial charge is 0.480 e. The molecule has 0 aromatic rings. The third-order valence-corrected chi connectivity index (χ3v) is 3.81. The molecule has 0 aromatic carbocycles. The highest BCUT2D eigenvalue weighted by Crippen LogP contribution is 2.27. The van der Waals surface area contributed by atoms with Crippen LogP contribution >= 0.6 is 0 Å². The fourth-order valence-corrected chi connectivity index (χ4v) is 2.58. The number of nitrogens with one attached hydrogen (secondary N) is 1. The lowest BCUT2D eigenvalue weighted by Crippen LogP contribution is -2.46. The smallest absolute Gasteiger partial charge is 0.326 e. The molecule has 1 amide bonds. The summed E-state index contributed by atoms with van der Waals surface area (Å²) in [5, 5.41) is 12.0. The van der Waals surface area contributed by atoms with E-state index in [9.17, 15) is 14.7 Å². The minimum Gasteiger partial charge on any atom is -0.480 e. The van der Waals surface area contributed by atoms with Crippen LogP contribution in [0.3, 0.4) is 0 Å². The second kappa shape index (κ2) is 6.92. The molecular weight excluding hydrogens is 242 g/mol. The molecule has 1 aliphatic carbocycles. The molecule has 0 aliphatic heterocycles. The molecule has 19 heavy (non-hydrogen) atoms. The molecule has 0 heterocycles. The van der Waals surface area contributed by atoms with Crippen LogP contribution in [0.4, 0.5) is 0 Å². The van der Waals surface area contributed by atoms with E-state index in [1.165, 1.54) is 6.42 Å². The van der Waals surface area contributed by atoms with Crippen LogP contribution in [0.2, 0.25) is 0 Å². The third kappa shape index (κ3) is 6.08. The van der Waals surface area contributed by atoms with Crippen molar-refractivity contribution < 1.29 is 14.7 Å². The highest BCUT2D eigenvalue weighted by atomic mass is 16.4. The molecule has 2 N–H and O–H groups in total. The van der Waals surface area contributed by atoms with Gasteiger partial charge in [0.05, 0.1) is 0 Å². The number of carboxylic acid groups (broad SMARTS) is 1. The summed E-state index contributed by atoms with van der Waals surface area (Å²) >= 11 is 0. The molecule has 0 aromatic heterocycles. The van der Waals surface area contributed by atoms with Crippen molar-refractivity contribution in [2.75, 3.05) is 0 Å². The molecule has 1 atom stereocenters. The number of aliphatic carboxylic acids is 1. The van der Waals surface area contributed by atoms with E-state index in [0.29, 0.717) is 6.42 Å². The van der Waals surface area contributed by atoms with Crippen LogP contribution in [0.5, 0.6) is 0 Å². The Morgan fingerprint density at radius 2 is 1.79 bits per heavy atom. The van der Waals surface area contributed by atoms with Gasteiger partial charge in [-0.05, 0) is 30.6 Å². The fraction of sp³-hybridized carbons (Fsp3) is 0.867. The maximum absolute atomic E-state index is 11.9. The van der Waals surface area contributed by atoms with Crippen LogP contribution in [0.1, 0.15) is 65.7 Å². The van der Waals surface area contributed by atoms with E-state index in [2.05, 4.69) is 26.1 Å². The second-order valence-electron chi connectivity index (χ2n) is 6.84. The molecule has 1 rings (SSSR count). The van der Waals surface area contributed by atoms with E-state index in [0.717, 1.165) is 32.1 Å². The first-order chi connectivity index (χ1) is 8.79. The number of carbonyl (C=O) groups is 2. The molecule has 4 heteroatoms. The molecule has 1 fully saturated rings. The van der Waals surface area contributed by atoms with Gasteiger partial charge in [-0.3, -0.25) is 4.79 Å². The van der Waals surface area contributed by atoms with Crippen molar-refractivity contribution in [1.29, 1.82) is 0 Å². The lowest BCUT2D eigenvalue weighted by Gasteiger charge is -2.28. The molecule has 1 aliphatic rings. The Bertz CT molecular complexity index is 314. The van der Waals surface area contributed by atoms with E-state index < -0.39 is 12.0 Å². The zero-order chi connectivity index (χ0) is 14.5. The predicted octanol–water partition coefficient (Wildman–Crippen LogP) is 2.96. The maximum Gasteiger partial charge on any atom is 0.326 e. The Morgan fingerprint density at radius 1 is 1.21 bits per heavy atom. The Morgan fingerprint density at radius 3 is 2.26 bits per heavy atom. The fourth-order valence-electron chi connectivity index (χ4n) is 2.58. The minimum atomic E-state index is -0.893. The van der Waals surface area contributed by atoms with Gasteiger partial charge in [0.25, 0.3) is 0 Å². The highest BCUT2D eigenvalue weighted by Gasteiger charge is 2.30. The van der Waals surface area contributed by atoms with Gasteiger partial charge in [-0.25, -0.2) is 4.79 Å². The normalized spacial score (nSPS) is 18.9. The number of carboxylic acids is 1. The van der Waals surface area contributed by atoms with Crippen molar-refractivity contribution in [1.82, 2.24) is 5.32 Å². The van der Waals surface area contributed by atoms with E-state index in [-0.39, 0.29) is 17.2 Å². The average molecular weight is 269 g/mol. The molecule has 1 unspecified atom stereocenters. The van der Waals surface area contributed by atoms with Crippen molar-refractivity contribution in [3.63, 3.8) is 0 Å². The van der Waals surface area contributed by atoms with Crippen molar-refractivity contribution in [2.45, 2.75) is 71.8 Å². The lowest BCUT2D eigenvalue weighted by molar-refractivity contribution is -0.144. The molecular formula is C15H27NO3. The van der Waals surface area contributed by atoms with Crippen LogP contribution in [0, 0.1) is 11.3 Å². The molecule has 110 valence electrons.